The highest BCUT2D eigenvalue weighted by Gasteiger charge is 2.12. The predicted octanol–water partition coefficient (Wildman–Crippen LogP) is 4.80. The maximum atomic E-state index is 13.0. The van der Waals surface area contributed by atoms with Gasteiger partial charge in [0.2, 0.25) is 10.0 Å². The molecule has 0 spiro atoms. The third-order valence-electron chi connectivity index (χ3n) is 2.49. The standard InChI is InChI=1S/C13H11F2NO3S3/c1-22(17,18)16-10-4-2-3-5-11(10)19-12-7-6-9(20-14)8-13(12)21-15/h2-8,16H,1H3. The van der Waals surface area contributed by atoms with E-state index in [1.54, 1.807) is 12.1 Å². The Morgan fingerprint density at radius 1 is 1.05 bits per heavy atom. The van der Waals surface area contributed by atoms with Crippen LogP contribution < -0.4 is 9.46 Å². The summed E-state index contributed by atoms with van der Waals surface area (Å²) in [5.41, 5.74) is 0.226. The SMILES string of the molecule is CS(=O)(=O)Nc1ccccc1Oc1ccc(SF)cc1SF. The molecule has 2 aromatic rings. The molecule has 0 aromatic heterocycles. The molecule has 22 heavy (non-hydrogen) atoms. The van der Waals surface area contributed by atoms with Crippen molar-refractivity contribution in [2.75, 3.05) is 11.0 Å². The summed E-state index contributed by atoms with van der Waals surface area (Å²) >= 11 is -0.0833. The van der Waals surface area contributed by atoms with Gasteiger partial charge in [-0.2, -0.15) is 7.77 Å². The molecule has 0 aliphatic heterocycles. The Morgan fingerprint density at radius 3 is 2.41 bits per heavy atom. The molecule has 2 rings (SSSR count). The van der Waals surface area contributed by atoms with Gasteiger partial charge in [-0.1, -0.05) is 12.1 Å². The smallest absolute Gasteiger partial charge is 0.229 e. The Bertz CT molecular complexity index is 769. The average Bonchev–Trinajstić information content (AvgIpc) is 2.48. The second kappa shape index (κ2) is 7.21. The number of ether oxygens (including phenoxy) is 1. The maximum Gasteiger partial charge on any atom is 0.229 e. The number of rotatable bonds is 6. The van der Waals surface area contributed by atoms with Gasteiger partial charge >= 0.3 is 0 Å². The van der Waals surface area contributed by atoms with Gasteiger partial charge < -0.3 is 4.74 Å². The van der Waals surface area contributed by atoms with Crippen LogP contribution in [0.3, 0.4) is 0 Å². The normalized spacial score (nSPS) is 11.2. The molecule has 0 aliphatic rings. The molecule has 0 heterocycles. The minimum atomic E-state index is -3.48. The van der Waals surface area contributed by atoms with Gasteiger partial charge in [0.05, 0.1) is 41.1 Å². The van der Waals surface area contributed by atoms with Gasteiger partial charge in [0, 0.05) is 4.90 Å². The van der Waals surface area contributed by atoms with Crippen molar-refractivity contribution in [3.05, 3.63) is 42.5 Å². The van der Waals surface area contributed by atoms with E-state index in [0.717, 1.165) is 6.26 Å². The topological polar surface area (TPSA) is 55.4 Å². The zero-order chi connectivity index (χ0) is 16.2. The Balaban J connectivity index is 2.35. The molecule has 0 saturated heterocycles. The molecular formula is C13H11F2NO3S3. The van der Waals surface area contributed by atoms with Crippen molar-refractivity contribution in [3.8, 4) is 11.5 Å². The maximum absolute atomic E-state index is 13.0. The molecule has 0 unspecified atom stereocenters. The minimum absolute atomic E-state index is 0.00285. The molecule has 1 N–H and O–H groups in total. The molecule has 9 heteroatoms. The van der Waals surface area contributed by atoms with Crippen LogP contribution in [0.25, 0.3) is 0 Å². The van der Waals surface area contributed by atoms with Crippen LogP contribution in [0, 0.1) is 0 Å². The van der Waals surface area contributed by atoms with E-state index in [4.69, 9.17) is 4.74 Å². The highest BCUT2D eigenvalue weighted by molar-refractivity contribution is 7.95. The molecule has 4 nitrogen and oxygen atoms in total. The molecule has 0 amide bonds. The summed E-state index contributed by atoms with van der Waals surface area (Å²) in [5, 5.41) is 0. The first-order valence-corrected chi connectivity index (χ1v) is 9.21. The lowest BCUT2D eigenvalue weighted by Gasteiger charge is -2.13. The van der Waals surface area contributed by atoms with E-state index >= 15 is 0 Å². The summed E-state index contributed by atoms with van der Waals surface area (Å²) in [5.74, 6) is 0.372. The molecule has 0 radical (unpaired) electrons. The Labute approximate surface area is 135 Å². The van der Waals surface area contributed by atoms with E-state index in [1.165, 1.54) is 30.3 Å². The number of hydrogen-bond donors (Lipinski definition) is 1. The van der Waals surface area contributed by atoms with Crippen LogP contribution in [0.2, 0.25) is 0 Å². The van der Waals surface area contributed by atoms with Crippen LogP contribution in [-0.2, 0) is 10.0 Å². The molecule has 0 bridgehead atoms. The van der Waals surface area contributed by atoms with Crippen LogP contribution in [0.4, 0.5) is 13.5 Å². The second-order valence-electron chi connectivity index (χ2n) is 4.24. The lowest BCUT2D eigenvalue weighted by Crippen LogP contribution is -2.10. The van der Waals surface area contributed by atoms with E-state index in [0.29, 0.717) is 0 Å². The number of para-hydroxylation sites is 2. The summed E-state index contributed by atoms with van der Waals surface area (Å²) in [6.45, 7) is 0. The van der Waals surface area contributed by atoms with Crippen LogP contribution >= 0.6 is 24.3 Å². The summed E-state index contributed by atoms with van der Waals surface area (Å²) in [4.78, 5) is 0.340. The van der Waals surface area contributed by atoms with E-state index in [9.17, 15) is 16.2 Å². The minimum Gasteiger partial charge on any atom is -0.454 e. The Morgan fingerprint density at radius 2 is 1.77 bits per heavy atom. The zero-order valence-electron chi connectivity index (χ0n) is 11.2. The van der Waals surface area contributed by atoms with Crippen molar-refractivity contribution in [3.63, 3.8) is 0 Å². The summed E-state index contributed by atoms with van der Waals surface area (Å²) in [6, 6.07) is 10.5. The quantitative estimate of drug-likeness (QED) is 0.799. The largest absolute Gasteiger partial charge is 0.454 e. The monoisotopic (exact) mass is 363 g/mol. The van der Waals surface area contributed by atoms with Crippen molar-refractivity contribution in [1.82, 2.24) is 0 Å². The number of hydrogen-bond acceptors (Lipinski definition) is 5. The van der Waals surface area contributed by atoms with Gasteiger partial charge in [0.1, 0.15) is 5.75 Å². The number of anilines is 1. The van der Waals surface area contributed by atoms with Gasteiger partial charge in [-0.15, -0.1) is 0 Å². The highest BCUT2D eigenvalue weighted by atomic mass is 32.2. The van der Waals surface area contributed by atoms with Gasteiger partial charge in [-0.25, -0.2) is 8.42 Å². The van der Waals surface area contributed by atoms with E-state index in [-0.39, 0.29) is 51.3 Å². The van der Waals surface area contributed by atoms with E-state index in [1.807, 2.05) is 0 Å². The highest BCUT2D eigenvalue weighted by Crippen LogP contribution is 2.38. The number of nitrogens with one attached hydrogen (secondary N) is 1. The fourth-order valence-corrected chi connectivity index (χ4v) is 2.92. The fraction of sp³-hybridized carbons (Fsp3) is 0.0769. The van der Waals surface area contributed by atoms with Crippen molar-refractivity contribution in [2.24, 2.45) is 0 Å². The van der Waals surface area contributed by atoms with Crippen molar-refractivity contribution in [1.29, 1.82) is 0 Å². The lowest BCUT2D eigenvalue weighted by molar-refractivity contribution is 0.472. The van der Waals surface area contributed by atoms with Crippen molar-refractivity contribution < 1.29 is 20.9 Å². The number of halogens is 2. The number of sulfonamides is 1. The summed E-state index contributed by atoms with van der Waals surface area (Å²) in [7, 11) is -3.48. The molecule has 0 saturated carbocycles. The third kappa shape index (κ3) is 4.52. The molecule has 118 valence electrons. The van der Waals surface area contributed by atoms with Gasteiger partial charge in [0.25, 0.3) is 0 Å². The molecule has 0 aliphatic carbocycles. The average molecular weight is 363 g/mol. The summed E-state index contributed by atoms with van der Waals surface area (Å²) in [6.07, 6.45) is 1.01. The van der Waals surface area contributed by atoms with Crippen LogP contribution in [0.1, 0.15) is 0 Å². The summed E-state index contributed by atoms with van der Waals surface area (Å²) < 4.78 is 56.0. The Hall–Kier alpha value is -1.45. The van der Waals surface area contributed by atoms with Crippen LogP contribution in [0.15, 0.2) is 52.3 Å². The van der Waals surface area contributed by atoms with Gasteiger partial charge in [-0.05, 0) is 30.3 Å². The molecular weight excluding hydrogens is 352 g/mol. The Kier molecular flexibility index (Phi) is 5.54. The second-order valence-corrected chi connectivity index (χ2v) is 7.20. The van der Waals surface area contributed by atoms with Crippen molar-refractivity contribution >= 4 is 40.0 Å². The van der Waals surface area contributed by atoms with Gasteiger partial charge in [0.15, 0.2) is 5.75 Å². The number of benzene rings is 2. The zero-order valence-corrected chi connectivity index (χ0v) is 13.7. The van der Waals surface area contributed by atoms with Crippen LogP contribution in [-0.4, -0.2) is 14.7 Å². The first kappa shape index (κ1) is 16.9. The predicted molar refractivity (Wildman–Crippen MR) is 85.4 cm³/mol. The van der Waals surface area contributed by atoms with Crippen molar-refractivity contribution in [2.45, 2.75) is 9.79 Å². The van der Waals surface area contributed by atoms with E-state index < -0.39 is 10.0 Å². The molecule has 2 aromatic carbocycles. The fourth-order valence-electron chi connectivity index (χ4n) is 1.64. The van der Waals surface area contributed by atoms with Gasteiger partial charge in [-0.3, -0.25) is 4.72 Å². The first-order chi connectivity index (χ1) is 10.4. The lowest BCUT2D eigenvalue weighted by atomic mass is 10.3. The molecule has 0 atom stereocenters. The van der Waals surface area contributed by atoms with E-state index in [2.05, 4.69) is 4.72 Å². The molecule has 0 fully saturated rings. The third-order valence-corrected chi connectivity index (χ3v) is 4.00. The first-order valence-electron chi connectivity index (χ1n) is 5.89. The van der Waals surface area contributed by atoms with Crippen LogP contribution in [0.5, 0.6) is 11.5 Å².